The molecule has 0 heterocycles. The van der Waals surface area contributed by atoms with Gasteiger partial charge in [0.2, 0.25) is 0 Å². The van der Waals surface area contributed by atoms with Crippen LogP contribution in [0.15, 0.2) is 140 Å². The highest BCUT2D eigenvalue weighted by molar-refractivity contribution is 5.76. The molecule has 0 aliphatic heterocycles. The second-order valence-corrected chi connectivity index (χ2v) is 7.59. The zero-order chi connectivity index (χ0) is 22.9. The van der Waals surface area contributed by atoms with Gasteiger partial charge in [-0.05, 0) is 71.8 Å². The van der Waals surface area contributed by atoms with Crippen LogP contribution in [0.1, 0.15) is 0 Å². The molecule has 0 saturated heterocycles. The minimum atomic E-state index is 0.782. The number of nitrogens with zero attached hydrogens (tertiary/aromatic N) is 1. The number of hydrogen-bond acceptors (Lipinski definition) is 3. The second-order valence-electron chi connectivity index (χ2n) is 7.59. The van der Waals surface area contributed by atoms with Crippen LogP contribution in [0.25, 0.3) is 11.1 Å². The lowest BCUT2D eigenvalue weighted by Crippen LogP contribution is -2.09. The Hall–Kier alpha value is -4.50. The molecular weight excluding hydrogens is 402 g/mol. The zero-order valence-electron chi connectivity index (χ0n) is 18.4. The highest BCUT2D eigenvalue weighted by atomic mass is 15.1. The van der Waals surface area contributed by atoms with Crippen molar-refractivity contribution >= 4 is 28.4 Å². The summed E-state index contributed by atoms with van der Waals surface area (Å²) in [5, 5.41) is 0. The Bertz CT molecular complexity index is 1100. The molecule has 162 valence electrons. The topological polar surface area (TPSA) is 55.3 Å². The van der Waals surface area contributed by atoms with Gasteiger partial charge in [-0.3, -0.25) is 0 Å². The Morgan fingerprint density at radius 1 is 0.333 bits per heavy atom. The third-order valence-electron chi connectivity index (χ3n) is 5.20. The van der Waals surface area contributed by atoms with Gasteiger partial charge in [0.05, 0.1) is 0 Å². The van der Waals surface area contributed by atoms with Gasteiger partial charge in [-0.25, -0.2) is 0 Å². The molecule has 0 atom stereocenters. The van der Waals surface area contributed by atoms with E-state index < -0.39 is 0 Å². The third kappa shape index (κ3) is 5.81. The molecule has 0 unspecified atom stereocenters. The molecule has 33 heavy (non-hydrogen) atoms. The SMILES string of the molecule is Nc1ccc(-c2ccc(N)cc2)cc1.c1ccc(N(c2ccccc2)c2ccccc2)cc1. The summed E-state index contributed by atoms with van der Waals surface area (Å²) in [5.41, 5.74) is 18.6. The first-order chi connectivity index (χ1) is 16.2. The van der Waals surface area contributed by atoms with Crippen LogP contribution in [0.4, 0.5) is 28.4 Å². The van der Waals surface area contributed by atoms with E-state index in [1.54, 1.807) is 0 Å². The third-order valence-corrected chi connectivity index (χ3v) is 5.20. The number of nitrogens with two attached hydrogens (primary N) is 2. The molecule has 0 bridgehead atoms. The Kier molecular flexibility index (Phi) is 7.04. The number of anilines is 5. The monoisotopic (exact) mass is 429 g/mol. The molecule has 0 radical (unpaired) electrons. The normalized spacial score (nSPS) is 10.1. The molecule has 0 aromatic heterocycles. The molecule has 5 aromatic rings. The van der Waals surface area contributed by atoms with Crippen molar-refractivity contribution in [2.75, 3.05) is 16.4 Å². The molecule has 0 aliphatic carbocycles. The average molecular weight is 430 g/mol. The van der Waals surface area contributed by atoms with E-state index in [1.807, 2.05) is 66.7 Å². The molecule has 0 aliphatic rings. The van der Waals surface area contributed by atoms with Crippen LogP contribution in [0, 0.1) is 0 Å². The molecule has 0 amide bonds. The first kappa shape index (κ1) is 21.7. The van der Waals surface area contributed by atoms with Crippen molar-refractivity contribution in [3.63, 3.8) is 0 Å². The van der Waals surface area contributed by atoms with Gasteiger partial charge in [-0.15, -0.1) is 0 Å². The molecule has 3 nitrogen and oxygen atoms in total. The maximum absolute atomic E-state index is 5.61. The van der Waals surface area contributed by atoms with E-state index in [-0.39, 0.29) is 0 Å². The summed E-state index contributed by atoms with van der Waals surface area (Å²) in [7, 11) is 0. The fourth-order valence-electron chi connectivity index (χ4n) is 3.53. The van der Waals surface area contributed by atoms with Crippen molar-refractivity contribution in [2.45, 2.75) is 0 Å². The minimum absolute atomic E-state index is 0.782. The highest BCUT2D eigenvalue weighted by Gasteiger charge is 2.10. The van der Waals surface area contributed by atoms with E-state index in [9.17, 15) is 0 Å². The first-order valence-electron chi connectivity index (χ1n) is 10.9. The molecule has 4 N–H and O–H groups in total. The molecule has 3 heteroatoms. The molecule has 5 rings (SSSR count). The van der Waals surface area contributed by atoms with Gasteiger partial charge in [-0.1, -0.05) is 78.9 Å². The number of nitrogen functional groups attached to an aromatic ring is 2. The summed E-state index contributed by atoms with van der Waals surface area (Å²) in [6.07, 6.45) is 0. The maximum Gasteiger partial charge on any atom is 0.0461 e. The van der Waals surface area contributed by atoms with Gasteiger partial charge >= 0.3 is 0 Å². The fraction of sp³-hybridized carbons (Fsp3) is 0. The molecule has 0 saturated carbocycles. The number of hydrogen-bond donors (Lipinski definition) is 2. The first-order valence-corrected chi connectivity index (χ1v) is 10.9. The maximum atomic E-state index is 5.61. The van der Waals surface area contributed by atoms with Crippen molar-refractivity contribution in [2.24, 2.45) is 0 Å². The molecule has 5 aromatic carbocycles. The van der Waals surface area contributed by atoms with Crippen LogP contribution in [-0.2, 0) is 0 Å². The van der Waals surface area contributed by atoms with Gasteiger partial charge in [0.15, 0.2) is 0 Å². The number of para-hydroxylation sites is 3. The van der Waals surface area contributed by atoms with Gasteiger partial charge < -0.3 is 16.4 Å². The summed E-state index contributed by atoms with van der Waals surface area (Å²) in [5.74, 6) is 0. The van der Waals surface area contributed by atoms with Crippen LogP contribution in [-0.4, -0.2) is 0 Å². The number of benzene rings is 5. The fourth-order valence-corrected chi connectivity index (χ4v) is 3.53. The average Bonchev–Trinajstić information content (AvgIpc) is 2.88. The van der Waals surface area contributed by atoms with E-state index in [4.69, 9.17) is 11.5 Å². The summed E-state index contributed by atoms with van der Waals surface area (Å²) in [4.78, 5) is 2.25. The minimum Gasteiger partial charge on any atom is -0.399 e. The Balaban J connectivity index is 0.000000165. The van der Waals surface area contributed by atoms with Crippen molar-refractivity contribution in [1.82, 2.24) is 0 Å². The van der Waals surface area contributed by atoms with Crippen LogP contribution in [0.2, 0.25) is 0 Å². The van der Waals surface area contributed by atoms with Crippen LogP contribution >= 0.6 is 0 Å². The van der Waals surface area contributed by atoms with Crippen LogP contribution < -0.4 is 16.4 Å². The van der Waals surface area contributed by atoms with Crippen LogP contribution in [0.5, 0.6) is 0 Å². The predicted molar refractivity (Wildman–Crippen MR) is 142 cm³/mol. The lowest BCUT2D eigenvalue weighted by atomic mass is 10.1. The molecule has 0 fully saturated rings. The van der Waals surface area contributed by atoms with Gasteiger partial charge in [-0.2, -0.15) is 0 Å². The number of rotatable bonds is 4. The summed E-state index contributed by atoms with van der Waals surface area (Å²) >= 11 is 0. The van der Waals surface area contributed by atoms with Crippen LogP contribution in [0.3, 0.4) is 0 Å². The lowest BCUT2D eigenvalue weighted by Gasteiger charge is -2.25. The van der Waals surface area contributed by atoms with Gasteiger partial charge in [0.25, 0.3) is 0 Å². The van der Waals surface area contributed by atoms with E-state index in [0.29, 0.717) is 0 Å². The molecular formula is C30H27N3. The quantitative estimate of drug-likeness (QED) is 0.288. The highest BCUT2D eigenvalue weighted by Crippen LogP contribution is 2.33. The van der Waals surface area contributed by atoms with Crippen molar-refractivity contribution in [3.8, 4) is 11.1 Å². The summed E-state index contributed by atoms with van der Waals surface area (Å²) in [6.45, 7) is 0. The van der Waals surface area contributed by atoms with Crippen molar-refractivity contribution in [3.05, 3.63) is 140 Å². The smallest absolute Gasteiger partial charge is 0.0461 e. The Labute approximate surface area is 195 Å². The van der Waals surface area contributed by atoms with E-state index in [0.717, 1.165) is 22.5 Å². The standard InChI is InChI=1S/C18H15N.C12H12N2/c1-4-10-16(11-5-1)19(17-12-6-2-7-13-17)18-14-8-3-9-15-18;13-11-5-1-9(2-6-11)10-3-7-12(14)8-4-10/h1-15H;1-8H,13-14H2. The van der Waals surface area contributed by atoms with E-state index in [1.165, 1.54) is 17.1 Å². The lowest BCUT2D eigenvalue weighted by molar-refractivity contribution is 1.28. The summed E-state index contributed by atoms with van der Waals surface area (Å²) in [6, 6.07) is 46.8. The largest absolute Gasteiger partial charge is 0.399 e. The Morgan fingerprint density at radius 2 is 0.606 bits per heavy atom. The second kappa shape index (κ2) is 10.7. The zero-order valence-corrected chi connectivity index (χ0v) is 18.4. The van der Waals surface area contributed by atoms with E-state index >= 15 is 0 Å². The summed E-state index contributed by atoms with van der Waals surface area (Å²) < 4.78 is 0. The van der Waals surface area contributed by atoms with Crippen molar-refractivity contribution in [1.29, 1.82) is 0 Å². The molecule has 0 spiro atoms. The van der Waals surface area contributed by atoms with Gasteiger partial charge in [0.1, 0.15) is 0 Å². The Morgan fingerprint density at radius 3 is 0.879 bits per heavy atom. The predicted octanol–water partition coefficient (Wildman–Crippen LogP) is 7.67. The van der Waals surface area contributed by atoms with Gasteiger partial charge in [0, 0.05) is 28.4 Å². The van der Waals surface area contributed by atoms with E-state index in [2.05, 4.69) is 77.7 Å². The van der Waals surface area contributed by atoms with Crippen molar-refractivity contribution < 1.29 is 0 Å².